The van der Waals surface area contributed by atoms with Crippen LogP contribution in [0.15, 0.2) is 18.2 Å². The molecular weight excluding hydrogens is 301 g/mol. The van der Waals surface area contributed by atoms with Gasteiger partial charge in [-0.2, -0.15) is 11.8 Å². The van der Waals surface area contributed by atoms with Crippen LogP contribution in [0.1, 0.15) is 19.4 Å². The molecule has 0 aliphatic rings. The molecule has 108 valence electrons. The van der Waals surface area contributed by atoms with Crippen molar-refractivity contribution in [2.45, 2.75) is 30.5 Å². The summed E-state index contributed by atoms with van der Waals surface area (Å²) in [5.74, 6) is 0.765. The molecule has 0 aliphatic heterocycles. The molecule has 0 saturated carbocycles. The maximum Gasteiger partial charge on any atom is 0.0861 e. The van der Waals surface area contributed by atoms with Crippen molar-refractivity contribution < 1.29 is 5.11 Å². The van der Waals surface area contributed by atoms with Crippen molar-refractivity contribution in [1.29, 1.82) is 0 Å². The predicted octanol–water partition coefficient (Wildman–Crippen LogP) is 3.93. The highest BCUT2D eigenvalue weighted by Crippen LogP contribution is 2.30. The summed E-state index contributed by atoms with van der Waals surface area (Å²) in [4.78, 5) is 1.99. The van der Waals surface area contributed by atoms with Crippen LogP contribution in [0.2, 0.25) is 10.0 Å². The van der Waals surface area contributed by atoms with Crippen LogP contribution < -0.4 is 0 Å². The maximum atomic E-state index is 10.4. The predicted molar refractivity (Wildman–Crippen MR) is 86.4 cm³/mol. The minimum Gasteiger partial charge on any atom is -0.388 e. The van der Waals surface area contributed by atoms with Gasteiger partial charge in [0.1, 0.15) is 0 Å². The first-order chi connectivity index (χ1) is 8.72. The largest absolute Gasteiger partial charge is 0.388 e. The highest BCUT2D eigenvalue weighted by atomic mass is 35.5. The Labute approximate surface area is 130 Å². The van der Waals surface area contributed by atoms with E-state index < -0.39 is 5.60 Å². The van der Waals surface area contributed by atoms with Crippen molar-refractivity contribution in [2.24, 2.45) is 0 Å². The molecule has 0 radical (unpaired) electrons. The SMILES string of the molecule is CC(SCc1ccc(Cl)cc1Cl)C(C)(O)CN(C)C. The number of hydrogen-bond donors (Lipinski definition) is 1. The number of aliphatic hydroxyl groups is 1. The summed E-state index contributed by atoms with van der Waals surface area (Å²) in [7, 11) is 3.92. The van der Waals surface area contributed by atoms with Crippen LogP contribution in [0.3, 0.4) is 0 Å². The fourth-order valence-corrected chi connectivity index (χ4v) is 3.47. The lowest BCUT2D eigenvalue weighted by Crippen LogP contribution is -2.44. The van der Waals surface area contributed by atoms with Gasteiger partial charge in [-0.1, -0.05) is 36.2 Å². The van der Waals surface area contributed by atoms with Crippen molar-refractivity contribution in [2.75, 3.05) is 20.6 Å². The third-order valence-corrected chi connectivity index (χ3v) is 5.09. The van der Waals surface area contributed by atoms with Crippen molar-refractivity contribution in [3.63, 3.8) is 0 Å². The quantitative estimate of drug-likeness (QED) is 0.858. The summed E-state index contributed by atoms with van der Waals surface area (Å²) < 4.78 is 0. The van der Waals surface area contributed by atoms with E-state index in [1.54, 1.807) is 17.8 Å². The lowest BCUT2D eigenvalue weighted by Gasteiger charge is -2.32. The van der Waals surface area contributed by atoms with E-state index in [0.29, 0.717) is 16.6 Å². The molecule has 19 heavy (non-hydrogen) atoms. The zero-order valence-electron chi connectivity index (χ0n) is 11.8. The number of hydrogen-bond acceptors (Lipinski definition) is 3. The zero-order chi connectivity index (χ0) is 14.6. The first-order valence-electron chi connectivity index (χ1n) is 6.15. The van der Waals surface area contributed by atoms with E-state index in [1.165, 1.54) is 0 Å². The fourth-order valence-electron chi connectivity index (χ4n) is 1.80. The van der Waals surface area contributed by atoms with E-state index in [9.17, 15) is 5.11 Å². The standard InChI is InChI=1S/C14H21Cl2NOS/c1-10(14(2,18)9-17(3)4)19-8-11-5-6-12(15)7-13(11)16/h5-7,10,18H,8-9H2,1-4H3. The number of rotatable bonds is 6. The van der Waals surface area contributed by atoms with Crippen LogP contribution in [0.5, 0.6) is 0 Å². The second kappa shape index (κ2) is 7.19. The lowest BCUT2D eigenvalue weighted by molar-refractivity contribution is 0.0354. The number of likely N-dealkylation sites (N-methyl/N-ethyl adjacent to an activating group) is 1. The third kappa shape index (κ3) is 5.52. The van der Waals surface area contributed by atoms with Crippen LogP contribution in [0.4, 0.5) is 0 Å². The monoisotopic (exact) mass is 321 g/mol. The number of halogens is 2. The van der Waals surface area contributed by atoms with Gasteiger partial charge in [0.15, 0.2) is 0 Å². The van der Waals surface area contributed by atoms with Gasteiger partial charge in [0.2, 0.25) is 0 Å². The lowest BCUT2D eigenvalue weighted by atomic mass is 10.0. The molecule has 0 aliphatic carbocycles. The van der Waals surface area contributed by atoms with Gasteiger partial charge in [-0.15, -0.1) is 0 Å². The summed E-state index contributed by atoms with van der Waals surface area (Å²) in [5.41, 5.74) is 0.316. The van der Waals surface area contributed by atoms with E-state index in [-0.39, 0.29) is 5.25 Å². The average molecular weight is 322 g/mol. The second-order valence-corrected chi connectivity index (χ2v) is 7.46. The van der Waals surface area contributed by atoms with E-state index in [2.05, 4.69) is 0 Å². The normalized spacial score (nSPS) is 16.4. The molecule has 0 amide bonds. The molecule has 0 bridgehead atoms. The summed E-state index contributed by atoms with van der Waals surface area (Å²) in [5, 5.41) is 11.9. The van der Waals surface area contributed by atoms with Gasteiger partial charge in [0, 0.05) is 27.6 Å². The van der Waals surface area contributed by atoms with E-state index in [0.717, 1.165) is 11.3 Å². The molecule has 0 aromatic heterocycles. The first kappa shape index (κ1) is 17.1. The van der Waals surface area contributed by atoms with Crippen LogP contribution in [0, 0.1) is 0 Å². The second-order valence-electron chi connectivity index (χ2n) is 5.28. The number of thioether (sulfide) groups is 1. The molecule has 5 heteroatoms. The van der Waals surface area contributed by atoms with Gasteiger partial charge < -0.3 is 10.0 Å². The third-order valence-electron chi connectivity index (χ3n) is 3.02. The van der Waals surface area contributed by atoms with Crippen molar-refractivity contribution in [3.8, 4) is 0 Å². The Bertz CT molecular complexity index is 424. The van der Waals surface area contributed by atoms with Crippen LogP contribution in [0.25, 0.3) is 0 Å². The molecule has 1 aromatic carbocycles. The summed E-state index contributed by atoms with van der Waals surface area (Å²) in [6.45, 7) is 4.54. The summed E-state index contributed by atoms with van der Waals surface area (Å²) in [6, 6.07) is 5.53. The molecule has 0 heterocycles. The maximum absolute atomic E-state index is 10.4. The number of nitrogens with zero attached hydrogens (tertiary/aromatic N) is 1. The molecule has 2 atom stereocenters. The van der Waals surface area contributed by atoms with Gasteiger partial charge >= 0.3 is 0 Å². The van der Waals surface area contributed by atoms with Gasteiger partial charge in [0.25, 0.3) is 0 Å². The molecule has 2 nitrogen and oxygen atoms in total. The van der Waals surface area contributed by atoms with Crippen molar-refractivity contribution in [3.05, 3.63) is 33.8 Å². The van der Waals surface area contributed by atoms with Crippen LogP contribution in [-0.2, 0) is 5.75 Å². The smallest absolute Gasteiger partial charge is 0.0861 e. The van der Waals surface area contributed by atoms with Crippen LogP contribution in [-0.4, -0.2) is 41.5 Å². The molecule has 1 N–H and O–H groups in total. The fraction of sp³-hybridized carbons (Fsp3) is 0.571. The Balaban J connectivity index is 2.60. The Kier molecular flexibility index (Phi) is 6.48. The number of benzene rings is 1. The zero-order valence-corrected chi connectivity index (χ0v) is 14.1. The molecule has 0 saturated heterocycles. The minimum absolute atomic E-state index is 0.113. The molecule has 0 spiro atoms. The van der Waals surface area contributed by atoms with E-state index >= 15 is 0 Å². The molecule has 1 aromatic rings. The summed E-state index contributed by atoms with van der Waals surface area (Å²) >= 11 is 13.7. The molecular formula is C14H21Cl2NOS. The van der Waals surface area contributed by atoms with Gasteiger partial charge in [0.05, 0.1) is 5.60 Å². The molecule has 2 unspecified atom stereocenters. The molecule has 0 fully saturated rings. The first-order valence-corrected chi connectivity index (χ1v) is 7.95. The van der Waals surface area contributed by atoms with Gasteiger partial charge in [-0.3, -0.25) is 0 Å². The Morgan fingerprint density at radius 3 is 2.53 bits per heavy atom. The summed E-state index contributed by atoms with van der Waals surface area (Å²) in [6.07, 6.45) is 0. The Morgan fingerprint density at radius 2 is 2.00 bits per heavy atom. The topological polar surface area (TPSA) is 23.5 Å². The highest BCUT2D eigenvalue weighted by molar-refractivity contribution is 7.99. The van der Waals surface area contributed by atoms with E-state index in [4.69, 9.17) is 23.2 Å². The van der Waals surface area contributed by atoms with Crippen LogP contribution >= 0.6 is 35.0 Å². The minimum atomic E-state index is -0.729. The van der Waals surface area contributed by atoms with Gasteiger partial charge in [-0.25, -0.2) is 0 Å². The highest BCUT2D eigenvalue weighted by Gasteiger charge is 2.29. The Morgan fingerprint density at radius 1 is 1.37 bits per heavy atom. The average Bonchev–Trinajstić information content (AvgIpc) is 2.25. The van der Waals surface area contributed by atoms with E-state index in [1.807, 2.05) is 45.0 Å². The van der Waals surface area contributed by atoms with Gasteiger partial charge in [-0.05, 0) is 38.7 Å². The van der Waals surface area contributed by atoms with Crippen molar-refractivity contribution >= 4 is 35.0 Å². The molecule has 1 rings (SSSR count). The Hall–Kier alpha value is 0.0700. The van der Waals surface area contributed by atoms with Crippen molar-refractivity contribution in [1.82, 2.24) is 4.90 Å².